The second-order valence-electron chi connectivity index (χ2n) is 7.24. The van der Waals surface area contributed by atoms with Gasteiger partial charge in [-0.25, -0.2) is 4.39 Å². The lowest BCUT2D eigenvalue weighted by atomic mass is 10.0. The highest BCUT2D eigenvalue weighted by Crippen LogP contribution is 2.42. The summed E-state index contributed by atoms with van der Waals surface area (Å²) in [6, 6.07) is 1.17. The van der Waals surface area contributed by atoms with Crippen molar-refractivity contribution in [3.8, 4) is 5.75 Å². The molecule has 2 aromatic rings. The number of carbonyl (C=O) groups is 1. The molecule has 0 radical (unpaired) electrons. The summed E-state index contributed by atoms with van der Waals surface area (Å²) >= 11 is 0. The molecule has 1 amide bonds. The number of ether oxygens (including phenoxy) is 1. The van der Waals surface area contributed by atoms with E-state index in [4.69, 9.17) is 4.74 Å². The van der Waals surface area contributed by atoms with Crippen LogP contribution < -0.4 is 20.4 Å². The van der Waals surface area contributed by atoms with Crippen LogP contribution in [0, 0.1) is 5.82 Å². The number of nitrogens with zero attached hydrogens (tertiary/aromatic N) is 3. The molecule has 1 aromatic heterocycles. The second kappa shape index (κ2) is 6.53. The van der Waals surface area contributed by atoms with Crippen molar-refractivity contribution >= 4 is 22.5 Å². The largest absolute Gasteiger partial charge is 0.487 e. The third kappa shape index (κ3) is 2.75. The second-order valence-corrected chi connectivity index (χ2v) is 7.24. The van der Waals surface area contributed by atoms with E-state index in [-0.39, 0.29) is 17.0 Å². The first-order valence-corrected chi connectivity index (χ1v) is 9.12. The Labute approximate surface area is 156 Å². The van der Waals surface area contributed by atoms with Crippen LogP contribution in [0.25, 0.3) is 10.9 Å². The van der Waals surface area contributed by atoms with Gasteiger partial charge in [-0.1, -0.05) is 0 Å². The first-order chi connectivity index (χ1) is 12.9. The maximum absolute atomic E-state index is 15.1. The van der Waals surface area contributed by atoms with E-state index in [2.05, 4.69) is 10.2 Å². The van der Waals surface area contributed by atoms with Crippen molar-refractivity contribution in [2.45, 2.75) is 13.0 Å². The lowest BCUT2D eigenvalue weighted by Gasteiger charge is -2.37. The summed E-state index contributed by atoms with van der Waals surface area (Å²) < 4.78 is 22.9. The monoisotopic (exact) mass is 374 g/mol. The first-order valence-electron chi connectivity index (χ1n) is 9.12. The van der Waals surface area contributed by atoms with Crippen LogP contribution in [0.2, 0.25) is 0 Å². The van der Waals surface area contributed by atoms with E-state index in [0.29, 0.717) is 36.6 Å². The normalized spacial score (nSPS) is 19.9. The number of likely N-dealkylation sites (N-methyl/N-ethyl adjacent to an activating group) is 1. The predicted octanol–water partition coefficient (Wildman–Crippen LogP) is 1.21. The minimum absolute atomic E-state index is 0.0106. The SMILES string of the molecule is CNC(=O)c1cn2c3c(c(N4CCN(C)CC4)c(F)cc3c1=O)OC[C@@H]2C. The summed E-state index contributed by atoms with van der Waals surface area (Å²) in [7, 11) is 3.51. The van der Waals surface area contributed by atoms with Crippen LogP contribution in [0.5, 0.6) is 5.75 Å². The maximum Gasteiger partial charge on any atom is 0.256 e. The molecule has 1 atom stereocenters. The Morgan fingerprint density at radius 2 is 2.00 bits per heavy atom. The molecule has 0 unspecified atom stereocenters. The number of aromatic nitrogens is 1. The molecular weight excluding hydrogens is 351 g/mol. The Kier molecular flexibility index (Phi) is 4.30. The van der Waals surface area contributed by atoms with Gasteiger partial charge in [0.1, 0.15) is 17.9 Å². The third-order valence-corrected chi connectivity index (χ3v) is 5.43. The van der Waals surface area contributed by atoms with Crippen LogP contribution >= 0.6 is 0 Å². The molecule has 1 aromatic carbocycles. The van der Waals surface area contributed by atoms with Crippen molar-refractivity contribution in [3.05, 3.63) is 33.9 Å². The zero-order valence-electron chi connectivity index (χ0n) is 15.7. The highest BCUT2D eigenvalue weighted by molar-refractivity contribution is 6.00. The van der Waals surface area contributed by atoms with Gasteiger partial charge in [0.05, 0.1) is 16.9 Å². The van der Waals surface area contributed by atoms with Gasteiger partial charge in [-0.15, -0.1) is 0 Å². The van der Waals surface area contributed by atoms with Crippen molar-refractivity contribution < 1.29 is 13.9 Å². The molecule has 27 heavy (non-hydrogen) atoms. The van der Waals surface area contributed by atoms with Gasteiger partial charge >= 0.3 is 0 Å². The van der Waals surface area contributed by atoms with Crippen LogP contribution in [-0.4, -0.2) is 62.3 Å². The Bertz CT molecular complexity index is 979. The third-order valence-electron chi connectivity index (χ3n) is 5.43. The summed E-state index contributed by atoms with van der Waals surface area (Å²) in [5.41, 5.74) is 0.491. The highest BCUT2D eigenvalue weighted by Gasteiger charge is 2.30. The fraction of sp³-hybridized carbons (Fsp3) is 0.474. The number of piperazine rings is 1. The minimum atomic E-state index is -0.491. The number of hydrogen-bond donors (Lipinski definition) is 1. The van der Waals surface area contributed by atoms with Gasteiger partial charge in [0.15, 0.2) is 11.6 Å². The molecule has 144 valence electrons. The van der Waals surface area contributed by atoms with Gasteiger partial charge < -0.3 is 24.4 Å². The predicted molar refractivity (Wildman–Crippen MR) is 101 cm³/mol. The standard InChI is InChI=1S/C19H23FN4O3/c1-11-10-27-18-15-12(17(25)13(9-24(11)15)19(26)21-2)8-14(20)16(18)23-6-4-22(3)5-7-23/h8-9,11H,4-7,10H2,1-3H3,(H,21,26)/t11-/m0/s1. The number of amides is 1. The van der Waals surface area contributed by atoms with E-state index in [0.717, 1.165) is 13.1 Å². The van der Waals surface area contributed by atoms with Crippen molar-refractivity contribution in [2.24, 2.45) is 0 Å². The summed E-state index contributed by atoms with van der Waals surface area (Å²) in [4.78, 5) is 29.1. The lowest BCUT2D eigenvalue weighted by molar-refractivity contribution is 0.0961. The number of anilines is 1. The highest BCUT2D eigenvalue weighted by atomic mass is 19.1. The summed E-state index contributed by atoms with van der Waals surface area (Å²) in [6.45, 7) is 5.32. The van der Waals surface area contributed by atoms with E-state index in [9.17, 15) is 9.59 Å². The van der Waals surface area contributed by atoms with Gasteiger partial charge in [0, 0.05) is 39.4 Å². The molecule has 0 aliphatic carbocycles. The average molecular weight is 374 g/mol. The van der Waals surface area contributed by atoms with Crippen LogP contribution in [0.4, 0.5) is 10.1 Å². The number of rotatable bonds is 2. The molecule has 3 heterocycles. The van der Waals surface area contributed by atoms with E-state index in [1.807, 2.05) is 23.4 Å². The number of benzene rings is 1. The fourth-order valence-corrected chi connectivity index (χ4v) is 3.83. The van der Waals surface area contributed by atoms with Gasteiger partial charge in [-0.2, -0.15) is 0 Å². The molecule has 2 aliphatic rings. The molecule has 4 rings (SSSR count). The number of carbonyl (C=O) groups excluding carboxylic acids is 1. The summed E-state index contributed by atoms with van der Waals surface area (Å²) in [5, 5.41) is 2.65. The van der Waals surface area contributed by atoms with Crippen LogP contribution in [-0.2, 0) is 0 Å². The van der Waals surface area contributed by atoms with Crippen LogP contribution in [0.15, 0.2) is 17.1 Å². The zero-order chi connectivity index (χ0) is 19.3. The molecule has 7 nitrogen and oxygen atoms in total. The van der Waals surface area contributed by atoms with Crippen LogP contribution in [0.1, 0.15) is 23.3 Å². The number of halogens is 1. The van der Waals surface area contributed by atoms with E-state index in [1.54, 1.807) is 6.20 Å². The van der Waals surface area contributed by atoms with E-state index in [1.165, 1.54) is 13.1 Å². The van der Waals surface area contributed by atoms with Gasteiger partial charge in [0.25, 0.3) is 5.91 Å². The molecule has 2 aliphatic heterocycles. The number of nitrogens with one attached hydrogen (secondary N) is 1. The number of hydrogen-bond acceptors (Lipinski definition) is 5. The van der Waals surface area contributed by atoms with Crippen molar-refractivity contribution in [1.82, 2.24) is 14.8 Å². The Balaban J connectivity index is 1.99. The summed E-state index contributed by atoms with van der Waals surface area (Å²) in [6.07, 6.45) is 1.56. The lowest BCUT2D eigenvalue weighted by Crippen LogP contribution is -2.45. The Hall–Kier alpha value is -2.61. The molecule has 0 saturated carbocycles. The summed E-state index contributed by atoms with van der Waals surface area (Å²) in [5.74, 6) is -0.572. The molecular formula is C19H23FN4O3. The minimum Gasteiger partial charge on any atom is -0.487 e. The quantitative estimate of drug-likeness (QED) is 0.856. The number of pyridine rings is 1. The average Bonchev–Trinajstić information content (AvgIpc) is 2.66. The molecule has 1 saturated heterocycles. The fourth-order valence-electron chi connectivity index (χ4n) is 3.83. The van der Waals surface area contributed by atoms with Gasteiger partial charge in [0.2, 0.25) is 5.43 Å². The van der Waals surface area contributed by atoms with E-state index >= 15 is 4.39 Å². The van der Waals surface area contributed by atoms with Crippen LogP contribution in [0.3, 0.4) is 0 Å². The zero-order valence-corrected chi connectivity index (χ0v) is 15.7. The Morgan fingerprint density at radius 3 is 2.67 bits per heavy atom. The molecule has 0 spiro atoms. The van der Waals surface area contributed by atoms with Crippen molar-refractivity contribution in [1.29, 1.82) is 0 Å². The maximum atomic E-state index is 15.1. The molecule has 8 heteroatoms. The topological polar surface area (TPSA) is 66.8 Å². The Morgan fingerprint density at radius 1 is 1.30 bits per heavy atom. The van der Waals surface area contributed by atoms with E-state index < -0.39 is 17.2 Å². The molecule has 1 fully saturated rings. The van der Waals surface area contributed by atoms with Gasteiger partial charge in [-0.3, -0.25) is 9.59 Å². The molecule has 0 bridgehead atoms. The van der Waals surface area contributed by atoms with Gasteiger partial charge in [-0.05, 0) is 20.0 Å². The smallest absolute Gasteiger partial charge is 0.256 e. The van der Waals surface area contributed by atoms with Crippen molar-refractivity contribution in [3.63, 3.8) is 0 Å². The first kappa shape index (κ1) is 17.8. The molecule has 1 N–H and O–H groups in total. The van der Waals surface area contributed by atoms with Crippen molar-refractivity contribution in [2.75, 3.05) is 51.8 Å².